The number of aromatic amines is 1. The monoisotopic (exact) mass is 472 g/mol. The zero-order valence-corrected chi connectivity index (χ0v) is 21.4. The summed E-state index contributed by atoms with van der Waals surface area (Å²) >= 11 is 0. The Labute approximate surface area is 205 Å². The molecule has 0 fully saturated rings. The van der Waals surface area contributed by atoms with Gasteiger partial charge in [-0.05, 0) is 69.5 Å². The fourth-order valence-corrected chi connectivity index (χ4v) is 4.54. The van der Waals surface area contributed by atoms with E-state index in [4.69, 9.17) is 4.74 Å². The Hall–Kier alpha value is -3.64. The number of ether oxygens (including phenoxy) is 1. The first-order valence-electron chi connectivity index (χ1n) is 11.8. The van der Waals surface area contributed by atoms with Crippen molar-refractivity contribution in [1.29, 1.82) is 0 Å². The smallest absolute Gasteiger partial charge is 0.274 e. The maximum absolute atomic E-state index is 12.9. The summed E-state index contributed by atoms with van der Waals surface area (Å²) in [5.41, 5.74) is 4.82. The van der Waals surface area contributed by atoms with Crippen molar-refractivity contribution in [2.75, 3.05) is 0 Å². The van der Waals surface area contributed by atoms with Crippen LogP contribution in [0.1, 0.15) is 59.9 Å². The number of benzene rings is 2. The van der Waals surface area contributed by atoms with Gasteiger partial charge >= 0.3 is 0 Å². The molecule has 4 rings (SSSR count). The van der Waals surface area contributed by atoms with Gasteiger partial charge in [-0.1, -0.05) is 30.7 Å². The molecule has 2 N–H and O–H groups in total. The Morgan fingerprint density at radius 2 is 1.71 bits per heavy atom. The summed E-state index contributed by atoms with van der Waals surface area (Å²) in [4.78, 5) is 28.4. The number of H-pyrrole nitrogens is 1. The van der Waals surface area contributed by atoms with Gasteiger partial charge in [0.15, 0.2) is 5.78 Å². The molecule has 0 saturated heterocycles. The van der Waals surface area contributed by atoms with E-state index in [1.54, 1.807) is 40.1 Å². The largest absolute Gasteiger partial charge is 0.456 e. The first kappa shape index (κ1) is 24.5. The van der Waals surface area contributed by atoms with E-state index in [1.807, 2.05) is 32.0 Å². The molecule has 0 aliphatic rings. The molecule has 0 aliphatic carbocycles. The summed E-state index contributed by atoms with van der Waals surface area (Å²) in [6, 6.07) is 11.5. The molecule has 0 amide bonds. The number of fused-ring (bicyclic) bond motifs is 1. The Morgan fingerprint density at radius 3 is 2.31 bits per heavy atom. The Bertz CT molecular complexity index is 1490. The topological polar surface area (TPSA) is 84.3 Å². The van der Waals surface area contributed by atoms with Crippen LogP contribution in [0.15, 0.2) is 47.4 Å². The zero-order valence-electron chi connectivity index (χ0n) is 21.4. The number of carbonyl (C=O) groups is 1. The van der Waals surface area contributed by atoms with Crippen LogP contribution in [-0.4, -0.2) is 20.4 Å². The molecule has 2 heterocycles. The van der Waals surface area contributed by atoms with Gasteiger partial charge in [0.05, 0.1) is 11.3 Å². The Balaban J connectivity index is 2.02. The average Bonchev–Trinajstić information content (AvgIpc) is 3.23. The number of rotatable bonds is 6. The molecule has 2 aromatic heterocycles. The van der Waals surface area contributed by atoms with Crippen molar-refractivity contribution in [2.45, 2.75) is 53.6 Å². The standard InChI is InChI=1S/C29H32N2O4/c1-8-24(32)23-14-21-22(15-31(7)28(33)26(21)30-23)20-13-19(29(5,6)34)9-10-25(20)35-27-17(3)11-16(2)12-18(27)4/h9-15,30,34H,8H2,1-7H3. The predicted molar refractivity (Wildman–Crippen MR) is 140 cm³/mol. The molecule has 0 aliphatic heterocycles. The average molecular weight is 473 g/mol. The fraction of sp³-hybridized carbons (Fsp3) is 0.310. The summed E-state index contributed by atoms with van der Waals surface area (Å²) in [7, 11) is 1.68. The van der Waals surface area contributed by atoms with Crippen LogP contribution in [0.3, 0.4) is 0 Å². The van der Waals surface area contributed by atoms with Crippen molar-refractivity contribution in [2.24, 2.45) is 7.05 Å². The molecule has 4 aromatic rings. The minimum Gasteiger partial charge on any atom is -0.456 e. The van der Waals surface area contributed by atoms with Crippen molar-refractivity contribution in [3.63, 3.8) is 0 Å². The van der Waals surface area contributed by atoms with Gasteiger partial charge in [0, 0.05) is 36.2 Å². The molecule has 0 radical (unpaired) electrons. The summed E-state index contributed by atoms with van der Waals surface area (Å²) in [5, 5.41) is 11.4. The lowest BCUT2D eigenvalue weighted by atomic mass is 9.93. The number of nitrogens with one attached hydrogen (secondary N) is 1. The van der Waals surface area contributed by atoms with E-state index in [9.17, 15) is 14.7 Å². The number of Topliss-reactive ketones (excluding diaryl/α,β-unsaturated/α-hetero) is 1. The number of hydrogen-bond donors (Lipinski definition) is 2. The van der Waals surface area contributed by atoms with Crippen LogP contribution in [0.25, 0.3) is 22.0 Å². The van der Waals surface area contributed by atoms with Crippen molar-refractivity contribution in [3.05, 3.63) is 80.9 Å². The van der Waals surface area contributed by atoms with Crippen LogP contribution >= 0.6 is 0 Å². The van der Waals surface area contributed by atoms with E-state index >= 15 is 0 Å². The van der Waals surface area contributed by atoms with Crippen molar-refractivity contribution in [1.82, 2.24) is 9.55 Å². The third kappa shape index (κ3) is 4.54. The first-order valence-corrected chi connectivity index (χ1v) is 11.8. The van der Waals surface area contributed by atoms with E-state index in [1.165, 1.54) is 4.57 Å². The molecule has 35 heavy (non-hydrogen) atoms. The van der Waals surface area contributed by atoms with E-state index in [2.05, 4.69) is 24.0 Å². The zero-order chi connectivity index (χ0) is 25.7. The number of aromatic nitrogens is 2. The third-order valence-electron chi connectivity index (χ3n) is 6.38. The van der Waals surface area contributed by atoms with Crippen LogP contribution < -0.4 is 10.3 Å². The molecular weight excluding hydrogens is 440 g/mol. The van der Waals surface area contributed by atoms with Crippen LogP contribution in [0.2, 0.25) is 0 Å². The number of aliphatic hydroxyl groups is 1. The lowest BCUT2D eigenvalue weighted by Crippen LogP contribution is -2.17. The SMILES string of the molecule is CCC(=O)c1cc2c(-c3cc(C(C)(C)O)ccc3Oc3c(C)cc(C)cc3C)cn(C)c(=O)c2[nH]1. The summed E-state index contributed by atoms with van der Waals surface area (Å²) < 4.78 is 7.99. The lowest BCUT2D eigenvalue weighted by Gasteiger charge is -2.22. The van der Waals surface area contributed by atoms with Crippen LogP contribution in [0, 0.1) is 20.8 Å². The quantitative estimate of drug-likeness (QED) is 0.334. The third-order valence-corrected chi connectivity index (χ3v) is 6.38. The fourth-order valence-electron chi connectivity index (χ4n) is 4.54. The highest BCUT2D eigenvalue weighted by Crippen LogP contribution is 2.41. The van der Waals surface area contributed by atoms with Gasteiger partial charge in [-0.15, -0.1) is 0 Å². The highest BCUT2D eigenvalue weighted by Gasteiger charge is 2.23. The Morgan fingerprint density at radius 1 is 1.06 bits per heavy atom. The molecule has 6 heteroatoms. The molecule has 0 spiro atoms. The number of ketones is 1. The molecule has 6 nitrogen and oxygen atoms in total. The van der Waals surface area contributed by atoms with Crippen LogP contribution in [-0.2, 0) is 12.6 Å². The second-order valence-corrected chi connectivity index (χ2v) is 9.81. The maximum Gasteiger partial charge on any atom is 0.274 e. The molecule has 0 bridgehead atoms. The van der Waals surface area contributed by atoms with Crippen LogP contribution in [0.5, 0.6) is 11.5 Å². The first-order chi connectivity index (χ1) is 16.4. The second-order valence-electron chi connectivity index (χ2n) is 9.81. The van der Waals surface area contributed by atoms with Crippen LogP contribution in [0.4, 0.5) is 0 Å². The van der Waals surface area contributed by atoms with Gasteiger partial charge in [0.2, 0.25) is 0 Å². The normalized spacial score (nSPS) is 11.8. The van der Waals surface area contributed by atoms with E-state index < -0.39 is 5.60 Å². The molecule has 2 aromatic carbocycles. The predicted octanol–water partition coefficient (Wildman–Crippen LogP) is 6.07. The number of nitrogens with zero attached hydrogens (tertiary/aromatic N) is 1. The number of aryl methyl sites for hydroxylation is 4. The van der Waals surface area contributed by atoms with Gasteiger partial charge in [0.1, 0.15) is 17.0 Å². The van der Waals surface area contributed by atoms with E-state index in [0.29, 0.717) is 34.3 Å². The highest BCUT2D eigenvalue weighted by atomic mass is 16.5. The van der Waals surface area contributed by atoms with Crippen molar-refractivity contribution < 1.29 is 14.6 Å². The molecule has 0 unspecified atom stereocenters. The number of pyridine rings is 1. The summed E-state index contributed by atoms with van der Waals surface area (Å²) in [5.74, 6) is 1.30. The van der Waals surface area contributed by atoms with Gasteiger partial charge in [-0.25, -0.2) is 0 Å². The molecule has 0 atom stereocenters. The number of carbonyl (C=O) groups excluding carboxylic acids is 1. The lowest BCUT2D eigenvalue weighted by molar-refractivity contribution is 0.0786. The molecular formula is C29H32N2O4. The van der Waals surface area contributed by atoms with Gasteiger partial charge < -0.3 is 19.4 Å². The van der Waals surface area contributed by atoms with E-state index in [0.717, 1.165) is 33.6 Å². The van der Waals surface area contributed by atoms with E-state index in [-0.39, 0.29) is 11.3 Å². The maximum atomic E-state index is 12.9. The molecule has 182 valence electrons. The number of hydrogen-bond acceptors (Lipinski definition) is 4. The van der Waals surface area contributed by atoms with Gasteiger partial charge in [-0.3, -0.25) is 9.59 Å². The summed E-state index contributed by atoms with van der Waals surface area (Å²) in [6.45, 7) is 11.3. The second kappa shape index (κ2) is 8.86. The minimum absolute atomic E-state index is 0.0678. The Kier molecular flexibility index (Phi) is 6.20. The minimum atomic E-state index is -1.08. The molecule has 0 saturated carbocycles. The van der Waals surface area contributed by atoms with Gasteiger partial charge in [0.25, 0.3) is 5.56 Å². The summed E-state index contributed by atoms with van der Waals surface area (Å²) in [6.07, 6.45) is 2.08. The highest BCUT2D eigenvalue weighted by molar-refractivity contribution is 6.03. The van der Waals surface area contributed by atoms with Crippen molar-refractivity contribution >= 4 is 16.7 Å². The van der Waals surface area contributed by atoms with Gasteiger partial charge in [-0.2, -0.15) is 0 Å². The van der Waals surface area contributed by atoms with Crippen molar-refractivity contribution in [3.8, 4) is 22.6 Å².